The van der Waals surface area contributed by atoms with E-state index in [2.05, 4.69) is 35.5 Å². The van der Waals surface area contributed by atoms with Gasteiger partial charge in [0.05, 0.1) is 13.0 Å². The minimum absolute atomic E-state index is 0.0523. The number of fused-ring (bicyclic) bond motifs is 1. The van der Waals surface area contributed by atoms with Crippen LogP contribution in [0.5, 0.6) is 0 Å². The smallest absolute Gasteiger partial charge is 0.310 e. The Hall–Kier alpha value is -1.39. The molecule has 0 amide bonds. The molecule has 0 saturated heterocycles. The van der Waals surface area contributed by atoms with E-state index in [4.69, 9.17) is 4.74 Å². The first-order valence-electron chi connectivity index (χ1n) is 5.94. The van der Waals surface area contributed by atoms with Gasteiger partial charge in [-0.1, -0.05) is 20.8 Å². The number of carbonyl (C=O) groups excluding carboxylic acids is 1. The highest BCUT2D eigenvalue weighted by Crippen LogP contribution is 2.27. The summed E-state index contributed by atoms with van der Waals surface area (Å²) in [6.07, 6.45) is 1.60. The zero-order valence-corrected chi connectivity index (χ0v) is 10.9. The van der Waals surface area contributed by atoms with Crippen LogP contribution in [0.4, 0.5) is 0 Å². The molecular formula is C12H19N3O2. The van der Waals surface area contributed by atoms with Crippen LogP contribution < -0.4 is 0 Å². The van der Waals surface area contributed by atoms with E-state index in [0.29, 0.717) is 6.54 Å². The minimum atomic E-state index is -0.135. The number of hydrogen-bond donors (Lipinski definition) is 0. The highest BCUT2D eigenvalue weighted by atomic mass is 16.5. The van der Waals surface area contributed by atoms with Crippen LogP contribution in [-0.2, 0) is 27.9 Å². The molecule has 5 nitrogen and oxygen atoms in total. The first-order chi connectivity index (χ1) is 7.93. The van der Waals surface area contributed by atoms with Gasteiger partial charge in [-0.2, -0.15) is 0 Å². The summed E-state index contributed by atoms with van der Waals surface area (Å²) in [5, 5.41) is 8.45. The summed E-state index contributed by atoms with van der Waals surface area (Å²) >= 11 is 0. The highest BCUT2D eigenvalue weighted by Gasteiger charge is 2.31. The standard InChI is InChI=1S/C12H19N3O2/c1-12(2,3)11-14-13-9-6-5-8(7-15(9)11)10(16)17-4/h8H,5-7H2,1-4H3. The quantitative estimate of drug-likeness (QED) is 0.691. The van der Waals surface area contributed by atoms with Crippen molar-refractivity contribution in [2.24, 2.45) is 5.92 Å². The molecule has 0 saturated carbocycles. The fraction of sp³-hybridized carbons (Fsp3) is 0.750. The molecule has 2 heterocycles. The lowest BCUT2D eigenvalue weighted by molar-refractivity contribution is -0.146. The number of nitrogens with zero attached hydrogens (tertiary/aromatic N) is 3. The van der Waals surface area contributed by atoms with E-state index in [1.54, 1.807) is 0 Å². The van der Waals surface area contributed by atoms with Crippen LogP contribution in [0, 0.1) is 5.92 Å². The summed E-state index contributed by atoms with van der Waals surface area (Å²) in [6.45, 7) is 6.95. The van der Waals surface area contributed by atoms with Gasteiger partial charge in [-0.25, -0.2) is 0 Å². The predicted molar refractivity (Wildman–Crippen MR) is 62.5 cm³/mol. The average molecular weight is 237 g/mol. The van der Waals surface area contributed by atoms with Gasteiger partial charge in [-0.15, -0.1) is 10.2 Å². The fourth-order valence-corrected chi connectivity index (χ4v) is 2.24. The molecule has 1 atom stereocenters. The third kappa shape index (κ3) is 2.18. The Bertz CT molecular complexity index is 431. The van der Waals surface area contributed by atoms with Crippen LogP contribution >= 0.6 is 0 Å². The summed E-state index contributed by atoms with van der Waals surface area (Å²) in [5.41, 5.74) is -0.0523. The summed E-state index contributed by atoms with van der Waals surface area (Å²) in [6, 6.07) is 0. The van der Waals surface area contributed by atoms with Crippen LogP contribution in [0.2, 0.25) is 0 Å². The number of methoxy groups -OCH3 is 1. The topological polar surface area (TPSA) is 57.0 Å². The zero-order valence-electron chi connectivity index (χ0n) is 10.9. The van der Waals surface area contributed by atoms with Crippen molar-refractivity contribution in [1.82, 2.24) is 14.8 Å². The number of esters is 1. The van der Waals surface area contributed by atoms with Crippen molar-refractivity contribution in [1.29, 1.82) is 0 Å². The van der Waals surface area contributed by atoms with Crippen molar-refractivity contribution < 1.29 is 9.53 Å². The molecule has 94 valence electrons. The molecule has 17 heavy (non-hydrogen) atoms. The van der Waals surface area contributed by atoms with E-state index in [1.165, 1.54) is 7.11 Å². The molecule has 5 heteroatoms. The van der Waals surface area contributed by atoms with Crippen LogP contribution in [0.3, 0.4) is 0 Å². The van der Waals surface area contributed by atoms with E-state index < -0.39 is 0 Å². The molecule has 1 aromatic heterocycles. The molecule has 0 radical (unpaired) electrons. The van der Waals surface area contributed by atoms with Gasteiger partial charge in [0.25, 0.3) is 0 Å². The third-order valence-corrected chi connectivity index (χ3v) is 3.15. The van der Waals surface area contributed by atoms with Gasteiger partial charge in [0.1, 0.15) is 11.6 Å². The number of hydrogen-bond acceptors (Lipinski definition) is 4. The predicted octanol–water partition coefficient (Wildman–Crippen LogP) is 1.31. The van der Waals surface area contributed by atoms with Crippen molar-refractivity contribution in [3.05, 3.63) is 11.6 Å². The molecule has 0 N–H and O–H groups in total. The van der Waals surface area contributed by atoms with Crippen molar-refractivity contribution in [2.45, 2.75) is 45.6 Å². The Kier molecular flexibility index (Phi) is 2.93. The number of rotatable bonds is 1. The average Bonchev–Trinajstić information content (AvgIpc) is 2.70. The molecule has 1 aliphatic heterocycles. The van der Waals surface area contributed by atoms with Gasteiger partial charge < -0.3 is 9.30 Å². The Balaban J connectivity index is 2.29. The maximum atomic E-state index is 11.6. The molecule has 1 unspecified atom stereocenters. The summed E-state index contributed by atoms with van der Waals surface area (Å²) in [4.78, 5) is 11.6. The van der Waals surface area contributed by atoms with Gasteiger partial charge in [-0.3, -0.25) is 4.79 Å². The molecule has 0 aliphatic carbocycles. The Morgan fingerprint density at radius 2 is 2.12 bits per heavy atom. The van der Waals surface area contributed by atoms with Gasteiger partial charge in [-0.05, 0) is 6.42 Å². The Labute approximate surface area is 101 Å². The van der Waals surface area contributed by atoms with E-state index in [1.807, 2.05) is 0 Å². The number of carbonyl (C=O) groups is 1. The van der Waals surface area contributed by atoms with Crippen molar-refractivity contribution >= 4 is 5.97 Å². The number of aromatic nitrogens is 3. The van der Waals surface area contributed by atoms with Crippen molar-refractivity contribution in [2.75, 3.05) is 7.11 Å². The third-order valence-electron chi connectivity index (χ3n) is 3.15. The summed E-state index contributed by atoms with van der Waals surface area (Å²) < 4.78 is 6.89. The summed E-state index contributed by atoms with van der Waals surface area (Å²) in [5.74, 6) is 1.73. The van der Waals surface area contributed by atoms with Gasteiger partial charge in [0.15, 0.2) is 0 Å². The van der Waals surface area contributed by atoms with Crippen molar-refractivity contribution in [3.63, 3.8) is 0 Å². The van der Waals surface area contributed by atoms with Crippen molar-refractivity contribution in [3.8, 4) is 0 Å². The van der Waals surface area contributed by atoms with E-state index in [9.17, 15) is 4.79 Å². The van der Waals surface area contributed by atoms with E-state index in [0.717, 1.165) is 24.5 Å². The molecule has 1 aromatic rings. The number of ether oxygens (including phenoxy) is 1. The van der Waals surface area contributed by atoms with Crippen LogP contribution in [0.15, 0.2) is 0 Å². The second-order valence-electron chi connectivity index (χ2n) is 5.56. The van der Waals surface area contributed by atoms with Gasteiger partial charge >= 0.3 is 5.97 Å². The lowest BCUT2D eigenvalue weighted by Crippen LogP contribution is -2.31. The Morgan fingerprint density at radius 1 is 1.41 bits per heavy atom. The lowest BCUT2D eigenvalue weighted by Gasteiger charge is -2.26. The van der Waals surface area contributed by atoms with E-state index in [-0.39, 0.29) is 17.3 Å². The SMILES string of the molecule is COC(=O)C1CCc2nnc(C(C)(C)C)n2C1. The first kappa shape index (κ1) is 12.1. The largest absolute Gasteiger partial charge is 0.469 e. The molecule has 1 aliphatic rings. The normalized spacial score (nSPS) is 19.9. The zero-order chi connectivity index (χ0) is 12.6. The second kappa shape index (κ2) is 4.13. The lowest BCUT2D eigenvalue weighted by atomic mass is 9.93. The van der Waals surface area contributed by atoms with Crippen LogP contribution in [-0.4, -0.2) is 27.8 Å². The molecule has 0 fully saturated rings. The Morgan fingerprint density at radius 3 is 2.71 bits per heavy atom. The molecule has 0 bridgehead atoms. The van der Waals surface area contributed by atoms with Gasteiger partial charge in [0.2, 0.25) is 0 Å². The molecular weight excluding hydrogens is 218 g/mol. The van der Waals surface area contributed by atoms with E-state index >= 15 is 0 Å². The summed E-state index contributed by atoms with van der Waals surface area (Å²) in [7, 11) is 1.44. The maximum Gasteiger partial charge on any atom is 0.310 e. The van der Waals surface area contributed by atoms with Crippen LogP contribution in [0.1, 0.15) is 38.8 Å². The second-order valence-corrected chi connectivity index (χ2v) is 5.56. The van der Waals surface area contributed by atoms with Crippen LogP contribution in [0.25, 0.3) is 0 Å². The molecule has 0 aromatic carbocycles. The maximum absolute atomic E-state index is 11.6. The monoisotopic (exact) mass is 237 g/mol. The minimum Gasteiger partial charge on any atom is -0.469 e. The number of aryl methyl sites for hydroxylation is 1. The van der Waals surface area contributed by atoms with Gasteiger partial charge in [0, 0.05) is 18.4 Å². The first-order valence-corrected chi connectivity index (χ1v) is 5.94. The molecule has 2 rings (SSSR count). The fourth-order valence-electron chi connectivity index (χ4n) is 2.24. The highest BCUT2D eigenvalue weighted by molar-refractivity contribution is 5.72. The molecule has 0 spiro atoms.